The largest absolute Gasteiger partial charge is 0.305 e. The van der Waals surface area contributed by atoms with Gasteiger partial charge in [0.15, 0.2) is 0 Å². The summed E-state index contributed by atoms with van der Waals surface area (Å²) in [6.07, 6.45) is 49.0. The summed E-state index contributed by atoms with van der Waals surface area (Å²) in [6.45, 7) is 5.08. The molecule has 0 saturated carbocycles. The molecule has 0 amide bonds. The van der Waals surface area contributed by atoms with Gasteiger partial charge in [-0.15, -0.1) is 0 Å². The molecule has 0 aromatic carbocycles. The van der Waals surface area contributed by atoms with Crippen LogP contribution in [0.4, 0.5) is 0 Å². The highest BCUT2D eigenvalue weighted by atomic mass is 15.1. The zero-order valence-electron chi connectivity index (χ0n) is 25.3. The Morgan fingerprint density at radius 1 is 0.342 bits per heavy atom. The number of hydrogen-bond donors (Lipinski definition) is 2. The predicted octanol–water partition coefficient (Wildman–Crippen LogP) is 8.04. The third-order valence-corrected chi connectivity index (χ3v) is 9.13. The van der Waals surface area contributed by atoms with Crippen molar-refractivity contribution in [1.82, 2.24) is 0 Å². The number of rotatable bonds is 0. The number of quaternary nitrogens is 2. The molecule has 2 heteroatoms. The van der Waals surface area contributed by atoms with Gasteiger partial charge in [-0.2, -0.15) is 0 Å². The van der Waals surface area contributed by atoms with Crippen LogP contribution < -0.4 is 9.80 Å². The van der Waals surface area contributed by atoms with Gasteiger partial charge < -0.3 is 9.80 Å². The third kappa shape index (κ3) is 15.5. The molecule has 0 saturated heterocycles. The van der Waals surface area contributed by atoms with Crippen LogP contribution in [0.25, 0.3) is 0 Å². The Morgan fingerprint density at radius 2 is 0.632 bits per heavy atom. The van der Waals surface area contributed by atoms with Crippen molar-refractivity contribution in [3.05, 3.63) is 47.9 Å². The lowest BCUT2D eigenvalue weighted by atomic mass is 10.0. The minimum atomic E-state index is 1.21. The van der Waals surface area contributed by atoms with Crippen LogP contribution in [0, 0.1) is 0 Å². The Kier molecular flexibility index (Phi) is 17.9. The fourth-order valence-electron chi connectivity index (χ4n) is 6.67. The van der Waals surface area contributed by atoms with Gasteiger partial charge in [0.25, 0.3) is 0 Å². The lowest BCUT2D eigenvalue weighted by Gasteiger charge is -2.18. The van der Waals surface area contributed by atoms with E-state index in [0.717, 1.165) is 0 Å². The molecule has 3 rings (SSSR count). The topological polar surface area (TPSA) is 8.88 Å². The highest BCUT2D eigenvalue weighted by Gasteiger charge is 2.11. The van der Waals surface area contributed by atoms with E-state index in [0.29, 0.717) is 0 Å². The lowest BCUT2D eigenvalue weighted by molar-refractivity contribution is -0.842. The van der Waals surface area contributed by atoms with E-state index in [-0.39, 0.29) is 0 Å². The van der Waals surface area contributed by atoms with Crippen molar-refractivity contribution >= 4 is 0 Å². The van der Waals surface area contributed by atoms with Crippen LogP contribution in [-0.4, -0.2) is 26.2 Å². The molecular formula is C36H64N2+2. The van der Waals surface area contributed by atoms with Crippen molar-refractivity contribution in [2.45, 2.75) is 154 Å². The van der Waals surface area contributed by atoms with E-state index in [9.17, 15) is 0 Å². The summed E-state index contributed by atoms with van der Waals surface area (Å²) >= 11 is 0. The van der Waals surface area contributed by atoms with Gasteiger partial charge in [-0.3, -0.25) is 0 Å². The monoisotopic (exact) mass is 525 g/mol. The van der Waals surface area contributed by atoms with Crippen LogP contribution >= 0.6 is 0 Å². The van der Waals surface area contributed by atoms with Gasteiger partial charge in [0.2, 0.25) is 0 Å². The fourth-order valence-corrected chi connectivity index (χ4v) is 6.67. The molecule has 2 atom stereocenters. The molecule has 3 aliphatic heterocycles. The molecule has 0 fully saturated rings. The molecule has 4 bridgehead atoms. The van der Waals surface area contributed by atoms with Crippen molar-refractivity contribution in [3.63, 3.8) is 0 Å². The van der Waals surface area contributed by atoms with E-state index < -0.39 is 0 Å². The molecular weight excluding hydrogens is 460 g/mol. The van der Waals surface area contributed by atoms with Crippen LogP contribution in [0.3, 0.4) is 0 Å². The number of allylic oxidation sites excluding steroid dienone is 4. The predicted molar refractivity (Wildman–Crippen MR) is 167 cm³/mol. The first-order valence-electron chi connectivity index (χ1n) is 17.3. The molecule has 0 aromatic heterocycles. The number of hydrogen-bond acceptors (Lipinski definition) is 0. The molecule has 2 N–H and O–H groups in total. The molecule has 38 heavy (non-hydrogen) atoms. The quantitative estimate of drug-likeness (QED) is 0.317. The van der Waals surface area contributed by atoms with Gasteiger partial charge >= 0.3 is 0 Å². The molecule has 0 aliphatic carbocycles. The molecule has 3 heterocycles. The summed E-state index contributed by atoms with van der Waals surface area (Å²) in [5, 5.41) is 0. The summed E-state index contributed by atoms with van der Waals surface area (Å²) in [5.74, 6) is 0. The van der Waals surface area contributed by atoms with Gasteiger partial charge in [-0.25, -0.2) is 0 Å². The highest BCUT2D eigenvalue weighted by molar-refractivity contribution is 5.18. The second-order valence-electron chi connectivity index (χ2n) is 12.7. The Morgan fingerprint density at radius 3 is 0.974 bits per heavy atom. The summed E-state index contributed by atoms with van der Waals surface area (Å²) in [5.41, 5.74) is 3.21. The average Bonchev–Trinajstić information content (AvgIpc) is 2.94. The van der Waals surface area contributed by atoms with Gasteiger partial charge in [0.05, 0.1) is 25.5 Å². The molecule has 3 aliphatic rings. The first-order chi connectivity index (χ1) is 18.9. The van der Waals surface area contributed by atoms with Crippen LogP contribution in [0.15, 0.2) is 47.9 Å². The van der Waals surface area contributed by atoms with Crippen molar-refractivity contribution in [2.24, 2.45) is 0 Å². The van der Waals surface area contributed by atoms with Gasteiger partial charge in [-0.1, -0.05) is 115 Å². The van der Waals surface area contributed by atoms with Gasteiger partial charge in [-0.05, 0) is 63.5 Å². The van der Waals surface area contributed by atoms with Crippen LogP contribution in [0.2, 0.25) is 0 Å². The minimum absolute atomic E-state index is 1.21. The summed E-state index contributed by atoms with van der Waals surface area (Å²) < 4.78 is 0. The standard InChI is InChI=1S/C36H62N2/c1-3-7-11-15-19-25-35-27-23-32-38(33-35)30-22-18-14-10-6-2-4-8-12-16-20-26-36-28-24-31-37(34-36)29-21-17-13-9-5-1/h23-24,27-28,33-34H,1-22,25-26,29-32H2/p+2. The average molecular weight is 525 g/mol. The molecule has 0 radical (unpaired) electrons. The number of fused-ring (bicyclic) bond motifs is 2. The summed E-state index contributed by atoms with van der Waals surface area (Å²) in [6, 6.07) is 0. The normalized spacial score (nSPS) is 27.8. The molecule has 0 aromatic rings. The van der Waals surface area contributed by atoms with Crippen LogP contribution in [0.1, 0.15) is 154 Å². The molecule has 0 spiro atoms. The number of nitrogens with one attached hydrogen (secondary N) is 2. The third-order valence-electron chi connectivity index (χ3n) is 9.13. The first kappa shape index (κ1) is 31.4. The first-order valence-corrected chi connectivity index (χ1v) is 17.3. The Bertz CT molecular complexity index is 640. The second-order valence-corrected chi connectivity index (χ2v) is 12.7. The van der Waals surface area contributed by atoms with E-state index in [2.05, 4.69) is 36.7 Å². The summed E-state index contributed by atoms with van der Waals surface area (Å²) in [4.78, 5) is 3.39. The lowest BCUT2D eigenvalue weighted by Crippen LogP contribution is -3.07. The zero-order valence-corrected chi connectivity index (χ0v) is 25.3. The molecule has 2 nitrogen and oxygen atoms in total. The van der Waals surface area contributed by atoms with Gasteiger partial charge in [0.1, 0.15) is 13.1 Å². The fraction of sp³-hybridized carbons (Fsp3) is 0.778. The van der Waals surface area contributed by atoms with E-state index in [1.54, 1.807) is 20.9 Å². The zero-order chi connectivity index (χ0) is 26.4. The van der Waals surface area contributed by atoms with E-state index in [4.69, 9.17) is 0 Å². The van der Waals surface area contributed by atoms with Crippen molar-refractivity contribution in [3.8, 4) is 0 Å². The Hall–Kier alpha value is -1.12. The SMILES string of the molecule is C1=CC2=C[NH+](C1)CCCCCCCCCCCCCC1=C[NH+](CC=C1)CCCCCCCCCCCCC2. The minimum Gasteiger partial charge on any atom is -0.305 e. The molecule has 2 unspecified atom stereocenters. The highest BCUT2D eigenvalue weighted by Crippen LogP contribution is 2.16. The van der Waals surface area contributed by atoms with E-state index in [1.165, 1.54) is 180 Å². The maximum absolute atomic E-state index is 2.56. The summed E-state index contributed by atoms with van der Waals surface area (Å²) in [7, 11) is 0. The smallest absolute Gasteiger partial charge is 0.100 e. The van der Waals surface area contributed by atoms with Crippen molar-refractivity contribution in [1.29, 1.82) is 0 Å². The van der Waals surface area contributed by atoms with E-state index in [1.807, 2.05) is 0 Å². The van der Waals surface area contributed by atoms with Gasteiger partial charge in [0, 0.05) is 11.1 Å². The Balaban J connectivity index is 1.31. The maximum Gasteiger partial charge on any atom is 0.100 e. The maximum atomic E-state index is 2.56. The van der Waals surface area contributed by atoms with Crippen LogP contribution in [-0.2, 0) is 0 Å². The second kappa shape index (κ2) is 21.7. The van der Waals surface area contributed by atoms with E-state index >= 15 is 0 Å². The molecule has 216 valence electrons. The van der Waals surface area contributed by atoms with Crippen LogP contribution in [0.5, 0.6) is 0 Å². The van der Waals surface area contributed by atoms with Crippen molar-refractivity contribution < 1.29 is 9.80 Å². The van der Waals surface area contributed by atoms with Crippen molar-refractivity contribution in [2.75, 3.05) is 26.2 Å². The Labute approximate surface area is 237 Å².